The molecule has 2 rings (SSSR count). The second-order valence-electron chi connectivity index (χ2n) is 7.28. The van der Waals surface area contributed by atoms with Gasteiger partial charge in [-0.2, -0.15) is 0 Å². The molecule has 1 aliphatic rings. The van der Waals surface area contributed by atoms with E-state index in [1.54, 1.807) is 0 Å². The Morgan fingerprint density at radius 3 is 2.32 bits per heavy atom. The fourth-order valence-electron chi connectivity index (χ4n) is 3.09. The Balaban J connectivity index is 1.77. The highest BCUT2D eigenvalue weighted by Gasteiger charge is 2.21. The SMILES string of the molecule is CN=C(NCc1ccc(OC(C)C)cc1)NC1CCN(C(C)C)CC1. The van der Waals surface area contributed by atoms with Crippen molar-refractivity contribution in [3.8, 4) is 5.75 Å². The molecule has 0 aromatic heterocycles. The minimum Gasteiger partial charge on any atom is -0.491 e. The summed E-state index contributed by atoms with van der Waals surface area (Å²) in [6.45, 7) is 11.7. The predicted molar refractivity (Wildman–Crippen MR) is 105 cm³/mol. The molecule has 0 radical (unpaired) electrons. The van der Waals surface area contributed by atoms with Crippen LogP contribution in [0.25, 0.3) is 0 Å². The van der Waals surface area contributed by atoms with E-state index in [0.717, 1.165) is 31.3 Å². The molecule has 0 atom stereocenters. The fourth-order valence-corrected chi connectivity index (χ4v) is 3.09. The van der Waals surface area contributed by atoms with E-state index in [2.05, 4.69) is 46.5 Å². The molecule has 2 N–H and O–H groups in total. The van der Waals surface area contributed by atoms with Crippen LogP contribution in [0.4, 0.5) is 0 Å². The van der Waals surface area contributed by atoms with Gasteiger partial charge in [-0.25, -0.2) is 0 Å². The molecule has 0 amide bonds. The van der Waals surface area contributed by atoms with Gasteiger partial charge in [0, 0.05) is 38.8 Å². The zero-order chi connectivity index (χ0) is 18.2. The van der Waals surface area contributed by atoms with Gasteiger partial charge in [0.2, 0.25) is 0 Å². The zero-order valence-corrected chi connectivity index (χ0v) is 16.4. The maximum Gasteiger partial charge on any atom is 0.191 e. The van der Waals surface area contributed by atoms with Crippen molar-refractivity contribution in [1.82, 2.24) is 15.5 Å². The monoisotopic (exact) mass is 346 g/mol. The van der Waals surface area contributed by atoms with Crippen molar-refractivity contribution in [2.24, 2.45) is 4.99 Å². The van der Waals surface area contributed by atoms with Gasteiger partial charge in [-0.15, -0.1) is 0 Å². The number of hydrogen-bond acceptors (Lipinski definition) is 3. The molecule has 25 heavy (non-hydrogen) atoms. The molecule has 1 aromatic rings. The second-order valence-corrected chi connectivity index (χ2v) is 7.28. The number of ether oxygens (including phenoxy) is 1. The van der Waals surface area contributed by atoms with Gasteiger partial charge in [-0.05, 0) is 58.2 Å². The molecule has 0 spiro atoms. The lowest BCUT2D eigenvalue weighted by Gasteiger charge is -2.35. The van der Waals surface area contributed by atoms with Gasteiger partial charge >= 0.3 is 0 Å². The smallest absolute Gasteiger partial charge is 0.191 e. The number of likely N-dealkylation sites (tertiary alicyclic amines) is 1. The summed E-state index contributed by atoms with van der Waals surface area (Å²) < 4.78 is 5.68. The van der Waals surface area contributed by atoms with Crippen molar-refractivity contribution >= 4 is 5.96 Å². The second kappa shape index (κ2) is 9.66. The number of nitrogens with one attached hydrogen (secondary N) is 2. The van der Waals surface area contributed by atoms with Crippen molar-refractivity contribution in [2.75, 3.05) is 20.1 Å². The minimum absolute atomic E-state index is 0.203. The first kappa shape index (κ1) is 19.6. The largest absolute Gasteiger partial charge is 0.491 e. The van der Waals surface area contributed by atoms with E-state index in [0.29, 0.717) is 12.1 Å². The summed E-state index contributed by atoms with van der Waals surface area (Å²) in [6.07, 6.45) is 2.54. The van der Waals surface area contributed by atoms with Crippen LogP contribution in [-0.4, -0.2) is 49.2 Å². The number of aliphatic imine (C=N–C) groups is 1. The van der Waals surface area contributed by atoms with E-state index in [1.165, 1.54) is 18.4 Å². The third-order valence-electron chi connectivity index (χ3n) is 4.58. The first-order valence-corrected chi connectivity index (χ1v) is 9.44. The van der Waals surface area contributed by atoms with Crippen LogP contribution in [-0.2, 0) is 6.54 Å². The van der Waals surface area contributed by atoms with Crippen LogP contribution >= 0.6 is 0 Å². The van der Waals surface area contributed by atoms with E-state index in [9.17, 15) is 0 Å². The predicted octanol–water partition coefficient (Wildman–Crippen LogP) is 3.01. The average molecular weight is 347 g/mol. The van der Waals surface area contributed by atoms with Crippen LogP contribution in [0.3, 0.4) is 0 Å². The van der Waals surface area contributed by atoms with Crippen molar-refractivity contribution in [3.05, 3.63) is 29.8 Å². The van der Waals surface area contributed by atoms with Crippen LogP contribution < -0.4 is 15.4 Å². The molecule has 1 aliphatic heterocycles. The van der Waals surface area contributed by atoms with Crippen molar-refractivity contribution in [2.45, 2.75) is 65.3 Å². The van der Waals surface area contributed by atoms with Crippen molar-refractivity contribution < 1.29 is 4.74 Å². The normalized spacial score (nSPS) is 17.2. The summed E-state index contributed by atoms with van der Waals surface area (Å²) in [5.41, 5.74) is 1.22. The molecule has 0 bridgehead atoms. The summed E-state index contributed by atoms with van der Waals surface area (Å²) in [7, 11) is 1.83. The molecule has 1 fully saturated rings. The van der Waals surface area contributed by atoms with E-state index < -0.39 is 0 Å². The third-order valence-corrected chi connectivity index (χ3v) is 4.58. The van der Waals surface area contributed by atoms with E-state index in [-0.39, 0.29) is 6.10 Å². The maximum atomic E-state index is 5.68. The summed E-state index contributed by atoms with van der Waals surface area (Å²) in [6, 6.07) is 9.38. The van der Waals surface area contributed by atoms with E-state index >= 15 is 0 Å². The number of guanidine groups is 1. The lowest BCUT2D eigenvalue weighted by Crippen LogP contribution is -2.49. The Morgan fingerprint density at radius 2 is 1.80 bits per heavy atom. The molecule has 1 saturated heterocycles. The highest BCUT2D eigenvalue weighted by Crippen LogP contribution is 2.14. The summed E-state index contributed by atoms with van der Waals surface area (Å²) in [5.74, 6) is 1.80. The Labute approximate surface area is 152 Å². The van der Waals surface area contributed by atoms with Gasteiger partial charge in [-0.1, -0.05) is 12.1 Å². The molecule has 0 aliphatic carbocycles. The fraction of sp³-hybridized carbons (Fsp3) is 0.650. The highest BCUT2D eigenvalue weighted by molar-refractivity contribution is 5.79. The lowest BCUT2D eigenvalue weighted by molar-refractivity contribution is 0.167. The molecule has 1 heterocycles. The first-order chi connectivity index (χ1) is 12.0. The average Bonchev–Trinajstić information content (AvgIpc) is 2.59. The van der Waals surface area contributed by atoms with Crippen LogP contribution in [0.5, 0.6) is 5.75 Å². The lowest BCUT2D eigenvalue weighted by atomic mass is 10.0. The molecule has 140 valence electrons. The molecule has 0 saturated carbocycles. The van der Waals surface area contributed by atoms with Crippen LogP contribution in [0.2, 0.25) is 0 Å². The van der Waals surface area contributed by atoms with Crippen LogP contribution in [0.1, 0.15) is 46.1 Å². The van der Waals surface area contributed by atoms with Gasteiger partial charge in [0.05, 0.1) is 6.10 Å². The zero-order valence-electron chi connectivity index (χ0n) is 16.4. The van der Waals surface area contributed by atoms with Gasteiger partial charge < -0.3 is 20.3 Å². The number of benzene rings is 1. The molecular formula is C20H34N4O. The Kier molecular flexibility index (Phi) is 7.56. The number of rotatable bonds is 6. The van der Waals surface area contributed by atoms with Crippen LogP contribution in [0.15, 0.2) is 29.3 Å². The summed E-state index contributed by atoms with van der Waals surface area (Å²) in [5, 5.41) is 6.97. The van der Waals surface area contributed by atoms with Gasteiger partial charge in [0.15, 0.2) is 5.96 Å². The van der Waals surface area contributed by atoms with Crippen molar-refractivity contribution in [3.63, 3.8) is 0 Å². The molecule has 0 unspecified atom stereocenters. The quantitative estimate of drug-likeness (QED) is 0.614. The Bertz CT molecular complexity index is 531. The van der Waals surface area contributed by atoms with Gasteiger partial charge in [0.1, 0.15) is 5.75 Å². The molecule has 5 nitrogen and oxygen atoms in total. The number of piperidine rings is 1. The third kappa shape index (κ3) is 6.58. The molecule has 5 heteroatoms. The topological polar surface area (TPSA) is 48.9 Å². The molecule has 1 aromatic carbocycles. The van der Waals surface area contributed by atoms with E-state index in [1.807, 2.05) is 33.0 Å². The van der Waals surface area contributed by atoms with Crippen LogP contribution in [0, 0.1) is 0 Å². The summed E-state index contributed by atoms with van der Waals surface area (Å²) in [4.78, 5) is 6.90. The van der Waals surface area contributed by atoms with Gasteiger partial charge in [-0.3, -0.25) is 4.99 Å². The minimum atomic E-state index is 0.203. The first-order valence-electron chi connectivity index (χ1n) is 9.44. The number of hydrogen-bond donors (Lipinski definition) is 2. The summed E-state index contributed by atoms with van der Waals surface area (Å²) >= 11 is 0. The van der Waals surface area contributed by atoms with Crippen molar-refractivity contribution in [1.29, 1.82) is 0 Å². The standard InChI is InChI=1S/C20H34N4O/c1-15(2)24-12-10-18(11-13-24)23-20(21-5)22-14-17-6-8-19(9-7-17)25-16(3)4/h6-9,15-16,18H,10-14H2,1-5H3,(H2,21,22,23). The van der Waals surface area contributed by atoms with E-state index in [4.69, 9.17) is 4.74 Å². The Morgan fingerprint density at radius 1 is 1.16 bits per heavy atom. The molecular weight excluding hydrogens is 312 g/mol. The number of nitrogens with zero attached hydrogens (tertiary/aromatic N) is 2. The highest BCUT2D eigenvalue weighted by atomic mass is 16.5. The Hall–Kier alpha value is -1.75. The maximum absolute atomic E-state index is 5.68. The van der Waals surface area contributed by atoms with Gasteiger partial charge in [0.25, 0.3) is 0 Å².